The van der Waals surface area contributed by atoms with Gasteiger partial charge in [-0.3, -0.25) is 14.5 Å². The third kappa shape index (κ3) is 4.47. The fourth-order valence-electron chi connectivity index (χ4n) is 3.52. The van der Waals surface area contributed by atoms with Crippen LogP contribution < -0.4 is 4.90 Å². The van der Waals surface area contributed by atoms with Crippen LogP contribution in [-0.4, -0.2) is 56.0 Å². The van der Waals surface area contributed by atoms with Crippen LogP contribution in [0.25, 0.3) is 0 Å². The summed E-state index contributed by atoms with van der Waals surface area (Å²) in [6.45, 7) is 4.18. The number of carbonyl (C=O) groups excluding carboxylic acids is 2. The van der Waals surface area contributed by atoms with E-state index in [1.165, 1.54) is 11.8 Å². The molecule has 1 amide bonds. The van der Waals surface area contributed by atoms with Crippen molar-refractivity contribution >= 4 is 52.3 Å². The summed E-state index contributed by atoms with van der Waals surface area (Å²) < 4.78 is 5.39. The number of Topliss-reactive ketones (excluding diaryl/α,β-unsaturated/α-hetero) is 1. The molecular formula is C21H20Cl2N2O3S. The Morgan fingerprint density at radius 1 is 1.03 bits per heavy atom. The van der Waals surface area contributed by atoms with E-state index in [1.807, 2.05) is 24.3 Å². The minimum absolute atomic E-state index is 0.385. The van der Waals surface area contributed by atoms with E-state index in [-0.39, 0.29) is 0 Å². The zero-order valence-corrected chi connectivity index (χ0v) is 18.0. The standard InChI is InChI=1S/C21H20Cl2N2O3S/c22-14-5-6-15(16(23)13-14)20-19(26)21(27)25(8-7-24-9-11-28-12-10-24)17-3-1-2-4-18(17)29-20/h1-6,13,20H,7-12H2. The molecule has 1 saturated heterocycles. The molecule has 2 heterocycles. The number of thioether (sulfide) groups is 1. The van der Waals surface area contributed by atoms with Gasteiger partial charge in [-0.25, -0.2) is 0 Å². The lowest BCUT2D eigenvalue weighted by atomic mass is 10.1. The van der Waals surface area contributed by atoms with Crippen LogP contribution >= 0.6 is 35.0 Å². The van der Waals surface area contributed by atoms with Gasteiger partial charge < -0.3 is 9.64 Å². The molecule has 1 unspecified atom stereocenters. The Bertz CT molecular complexity index is 934. The first-order chi connectivity index (χ1) is 14.0. The lowest BCUT2D eigenvalue weighted by Gasteiger charge is -2.29. The van der Waals surface area contributed by atoms with Gasteiger partial charge in [0, 0.05) is 41.1 Å². The van der Waals surface area contributed by atoms with E-state index in [0.29, 0.717) is 41.9 Å². The number of hydrogen-bond donors (Lipinski definition) is 0. The number of ether oxygens (including phenoxy) is 1. The molecule has 1 fully saturated rings. The van der Waals surface area contributed by atoms with Gasteiger partial charge >= 0.3 is 0 Å². The molecule has 29 heavy (non-hydrogen) atoms. The van der Waals surface area contributed by atoms with Crippen LogP contribution in [0.2, 0.25) is 10.0 Å². The number of ketones is 1. The average Bonchev–Trinajstić information content (AvgIpc) is 2.83. The molecule has 8 heteroatoms. The van der Waals surface area contributed by atoms with Crippen molar-refractivity contribution in [3.63, 3.8) is 0 Å². The van der Waals surface area contributed by atoms with E-state index >= 15 is 0 Å². The van der Waals surface area contributed by atoms with Crippen molar-refractivity contribution in [2.24, 2.45) is 0 Å². The van der Waals surface area contributed by atoms with Gasteiger partial charge in [0.05, 0.1) is 18.9 Å². The number of halogens is 2. The summed E-state index contributed by atoms with van der Waals surface area (Å²) >= 11 is 13.7. The van der Waals surface area contributed by atoms with Crippen LogP contribution in [0.5, 0.6) is 0 Å². The summed E-state index contributed by atoms with van der Waals surface area (Å²) in [6, 6.07) is 12.6. The Morgan fingerprint density at radius 3 is 2.55 bits per heavy atom. The van der Waals surface area contributed by atoms with E-state index in [1.54, 1.807) is 23.1 Å². The fraction of sp³-hybridized carbons (Fsp3) is 0.333. The number of anilines is 1. The van der Waals surface area contributed by atoms with Crippen molar-refractivity contribution in [3.05, 3.63) is 58.1 Å². The third-order valence-electron chi connectivity index (χ3n) is 5.08. The molecule has 0 N–H and O–H groups in total. The largest absolute Gasteiger partial charge is 0.379 e. The van der Waals surface area contributed by atoms with E-state index < -0.39 is 16.9 Å². The maximum absolute atomic E-state index is 13.2. The minimum Gasteiger partial charge on any atom is -0.379 e. The van der Waals surface area contributed by atoms with Crippen LogP contribution in [0.4, 0.5) is 5.69 Å². The van der Waals surface area contributed by atoms with Gasteiger partial charge in [-0.05, 0) is 29.8 Å². The van der Waals surface area contributed by atoms with Crippen LogP contribution in [0.15, 0.2) is 47.4 Å². The fourth-order valence-corrected chi connectivity index (χ4v) is 5.35. The summed E-state index contributed by atoms with van der Waals surface area (Å²) in [5.74, 6) is -0.982. The smallest absolute Gasteiger partial charge is 0.296 e. The van der Waals surface area contributed by atoms with Crippen molar-refractivity contribution in [1.82, 2.24) is 4.90 Å². The van der Waals surface area contributed by atoms with Crippen molar-refractivity contribution in [2.45, 2.75) is 10.1 Å². The third-order valence-corrected chi connectivity index (χ3v) is 6.95. The van der Waals surface area contributed by atoms with E-state index in [9.17, 15) is 9.59 Å². The van der Waals surface area contributed by atoms with Gasteiger partial charge in [-0.1, -0.05) is 41.4 Å². The molecule has 1 atom stereocenters. The molecule has 0 aromatic heterocycles. The number of morpholine rings is 1. The summed E-state index contributed by atoms with van der Waals surface area (Å²) in [7, 11) is 0. The van der Waals surface area contributed by atoms with Crippen molar-refractivity contribution in [3.8, 4) is 0 Å². The summed E-state index contributed by atoms with van der Waals surface area (Å²) in [6.07, 6.45) is 0. The normalized spacial score (nSPS) is 20.5. The van der Waals surface area contributed by atoms with Gasteiger partial charge in [0.2, 0.25) is 5.78 Å². The molecule has 5 nitrogen and oxygen atoms in total. The quantitative estimate of drug-likeness (QED) is 0.656. The van der Waals surface area contributed by atoms with Crippen LogP contribution in [0, 0.1) is 0 Å². The summed E-state index contributed by atoms with van der Waals surface area (Å²) in [4.78, 5) is 31.1. The molecule has 152 valence electrons. The predicted molar refractivity (Wildman–Crippen MR) is 116 cm³/mol. The second-order valence-corrected chi connectivity index (χ2v) is 8.90. The lowest BCUT2D eigenvalue weighted by molar-refractivity contribution is -0.136. The number of amides is 1. The van der Waals surface area contributed by atoms with Crippen molar-refractivity contribution in [2.75, 3.05) is 44.3 Å². The number of para-hydroxylation sites is 1. The molecule has 2 aromatic rings. The molecular weight excluding hydrogens is 431 g/mol. The highest BCUT2D eigenvalue weighted by Crippen LogP contribution is 2.45. The number of carbonyl (C=O) groups is 2. The van der Waals surface area contributed by atoms with Crippen molar-refractivity contribution < 1.29 is 14.3 Å². The Kier molecular flexibility index (Phi) is 6.47. The van der Waals surface area contributed by atoms with Gasteiger partial charge in [-0.2, -0.15) is 0 Å². The molecule has 0 aliphatic carbocycles. The second-order valence-electron chi connectivity index (χ2n) is 6.91. The number of rotatable bonds is 4. The maximum Gasteiger partial charge on any atom is 0.296 e. The highest BCUT2D eigenvalue weighted by Gasteiger charge is 2.37. The Hall–Kier alpha value is -1.57. The summed E-state index contributed by atoms with van der Waals surface area (Å²) in [5, 5.41) is 0.167. The topological polar surface area (TPSA) is 49.9 Å². The minimum atomic E-state index is -0.707. The zero-order chi connectivity index (χ0) is 20.4. The van der Waals surface area contributed by atoms with Gasteiger partial charge in [0.25, 0.3) is 5.91 Å². The second kappa shape index (κ2) is 9.06. The van der Waals surface area contributed by atoms with Gasteiger partial charge in [0.15, 0.2) is 0 Å². The number of benzene rings is 2. The first-order valence-electron chi connectivity index (χ1n) is 9.41. The molecule has 2 aromatic carbocycles. The Morgan fingerprint density at radius 2 is 1.79 bits per heavy atom. The zero-order valence-electron chi connectivity index (χ0n) is 15.6. The molecule has 0 saturated carbocycles. The SMILES string of the molecule is O=C1C(=O)N(CCN2CCOCC2)c2ccccc2SC1c1ccc(Cl)cc1Cl. The molecule has 0 bridgehead atoms. The highest BCUT2D eigenvalue weighted by atomic mass is 35.5. The van der Waals surface area contributed by atoms with E-state index in [4.69, 9.17) is 27.9 Å². The Balaban J connectivity index is 1.65. The molecule has 4 rings (SSSR count). The maximum atomic E-state index is 13.2. The monoisotopic (exact) mass is 450 g/mol. The van der Waals surface area contributed by atoms with Gasteiger partial charge in [0.1, 0.15) is 5.25 Å². The Labute approximate surface area is 183 Å². The highest BCUT2D eigenvalue weighted by molar-refractivity contribution is 8.00. The number of nitrogens with zero attached hydrogens (tertiary/aromatic N) is 2. The van der Waals surface area contributed by atoms with E-state index in [0.717, 1.165) is 23.7 Å². The van der Waals surface area contributed by atoms with Crippen LogP contribution in [0.1, 0.15) is 10.8 Å². The molecule has 2 aliphatic rings. The molecule has 2 aliphatic heterocycles. The van der Waals surface area contributed by atoms with Crippen molar-refractivity contribution in [1.29, 1.82) is 0 Å². The first kappa shape index (κ1) is 20.7. The molecule has 0 spiro atoms. The lowest BCUT2D eigenvalue weighted by Crippen LogP contribution is -2.45. The number of fused-ring (bicyclic) bond motifs is 1. The summed E-state index contributed by atoms with van der Waals surface area (Å²) in [5.41, 5.74) is 1.36. The first-order valence-corrected chi connectivity index (χ1v) is 11.0. The van der Waals surface area contributed by atoms with Crippen LogP contribution in [-0.2, 0) is 14.3 Å². The molecule has 0 radical (unpaired) electrons. The van der Waals surface area contributed by atoms with Gasteiger partial charge in [-0.15, -0.1) is 11.8 Å². The average molecular weight is 451 g/mol. The van der Waals surface area contributed by atoms with E-state index in [2.05, 4.69) is 4.90 Å². The predicted octanol–water partition coefficient (Wildman–Crippen LogP) is 4.07. The van der Waals surface area contributed by atoms with Crippen LogP contribution in [0.3, 0.4) is 0 Å². The number of hydrogen-bond acceptors (Lipinski definition) is 5.